The molecule has 0 heterocycles. The molecular formula is C16H22BrNO. The molecular weight excluding hydrogens is 302 g/mol. The fourth-order valence-corrected chi connectivity index (χ4v) is 4.13. The maximum Gasteiger partial charge on any atom is 0.125 e. The van der Waals surface area contributed by atoms with Crippen LogP contribution in [0.2, 0.25) is 0 Å². The van der Waals surface area contributed by atoms with Crippen LogP contribution in [0.1, 0.15) is 44.2 Å². The summed E-state index contributed by atoms with van der Waals surface area (Å²) in [4.78, 5) is 0. The summed E-state index contributed by atoms with van der Waals surface area (Å²) in [6.07, 6.45) is 5.67. The predicted octanol–water partition coefficient (Wildman–Crippen LogP) is 4.28. The van der Waals surface area contributed by atoms with Crippen molar-refractivity contribution in [3.63, 3.8) is 0 Å². The Morgan fingerprint density at radius 1 is 1.37 bits per heavy atom. The van der Waals surface area contributed by atoms with E-state index in [4.69, 9.17) is 10.5 Å². The molecule has 0 aliphatic heterocycles. The molecule has 0 aromatic heterocycles. The van der Waals surface area contributed by atoms with Gasteiger partial charge in [-0.3, -0.25) is 0 Å². The second-order valence-electron chi connectivity index (χ2n) is 6.22. The Kier molecular flexibility index (Phi) is 3.86. The van der Waals surface area contributed by atoms with E-state index in [-0.39, 0.29) is 6.04 Å². The minimum absolute atomic E-state index is 0.0168. The van der Waals surface area contributed by atoms with E-state index in [9.17, 15) is 0 Å². The first kappa shape index (κ1) is 13.4. The normalized spacial score (nSPS) is 30.6. The molecule has 2 N–H and O–H groups in total. The van der Waals surface area contributed by atoms with Gasteiger partial charge in [-0.1, -0.05) is 28.4 Å². The molecule has 2 bridgehead atoms. The Labute approximate surface area is 123 Å². The summed E-state index contributed by atoms with van der Waals surface area (Å²) < 4.78 is 7.16. The zero-order valence-electron chi connectivity index (χ0n) is 11.4. The van der Waals surface area contributed by atoms with Gasteiger partial charge in [0.2, 0.25) is 0 Å². The van der Waals surface area contributed by atoms with Gasteiger partial charge in [0.05, 0.1) is 6.61 Å². The van der Waals surface area contributed by atoms with Crippen molar-refractivity contribution in [2.75, 3.05) is 6.61 Å². The Morgan fingerprint density at radius 3 is 2.84 bits per heavy atom. The first-order valence-corrected chi connectivity index (χ1v) is 8.10. The molecule has 104 valence electrons. The standard InChI is InChI=1S/C16H22BrNO/c1-10(18)15-5-4-14(17)8-16(15)19-9-13-7-11-2-3-12(13)6-11/h4-5,8,10-13H,2-3,6-7,9,18H2,1H3/t10-,11?,12?,13?/m0/s1. The molecule has 1 aromatic carbocycles. The van der Waals surface area contributed by atoms with Crippen molar-refractivity contribution in [1.29, 1.82) is 0 Å². The fourth-order valence-electron chi connectivity index (χ4n) is 3.79. The van der Waals surface area contributed by atoms with Crippen molar-refractivity contribution in [2.24, 2.45) is 23.5 Å². The van der Waals surface area contributed by atoms with Gasteiger partial charge in [0.1, 0.15) is 5.75 Å². The van der Waals surface area contributed by atoms with Crippen molar-refractivity contribution in [3.05, 3.63) is 28.2 Å². The smallest absolute Gasteiger partial charge is 0.125 e. The third-order valence-corrected chi connectivity index (χ3v) is 5.30. The average Bonchev–Trinajstić information content (AvgIpc) is 2.98. The number of hydrogen-bond donors (Lipinski definition) is 1. The number of rotatable bonds is 4. The molecule has 2 fully saturated rings. The maximum atomic E-state index is 6.11. The second-order valence-corrected chi connectivity index (χ2v) is 7.13. The molecule has 3 rings (SSSR count). The number of ether oxygens (including phenoxy) is 1. The van der Waals surface area contributed by atoms with Gasteiger partial charge in [-0.05, 0) is 56.1 Å². The summed E-state index contributed by atoms with van der Waals surface area (Å²) in [5.74, 6) is 3.61. The van der Waals surface area contributed by atoms with E-state index in [1.54, 1.807) is 0 Å². The molecule has 0 saturated heterocycles. The topological polar surface area (TPSA) is 35.2 Å². The highest BCUT2D eigenvalue weighted by Crippen LogP contribution is 2.48. The van der Waals surface area contributed by atoms with Gasteiger partial charge in [-0.15, -0.1) is 0 Å². The number of halogens is 1. The van der Waals surface area contributed by atoms with Crippen LogP contribution in [0.15, 0.2) is 22.7 Å². The maximum absolute atomic E-state index is 6.11. The molecule has 2 nitrogen and oxygen atoms in total. The van der Waals surface area contributed by atoms with E-state index >= 15 is 0 Å². The van der Waals surface area contributed by atoms with E-state index in [1.165, 1.54) is 25.7 Å². The highest BCUT2D eigenvalue weighted by atomic mass is 79.9. The molecule has 2 saturated carbocycles. The monoisotopic (exact) mass is 323 g/mol. The number of fused-ring (bicyclic) bond motifs is 2. The van der Waals surface area contributed by atoms with E-state index in [0.29, 0.717) is 0 Å². The summed E-state index contributed by atoms with van der Waals surface area (Å²) in [5.41, 5.74) is 7.12. The van der Waals surface area contributed by atoms with Crippen molar-refractivity contribution in [1.82, 2.24) is 0 Å². The minimum atomic E-state index is 0.0168. The van der Waals surface area contributed by atoms with Crippen LogP contribution in [0.4, 0.5) is 0 Å². The summed E-state index contributed by atoms with van der Waals surface area (Å²) in [6.45, 7) is 2.87. The molecule has 1 aromatic rings. The van der Waals surface area contributed by atoms with Gasteiger partial charge in [0.15, 0.2) is 0 Å². The van der Waals surface area contributed by atoms with Gasteiger partial charge in [-0.25, -0.2) is 0 Å². The van der Waals surface area contributed by atoms with Gasteiger partial charge in [0, 0.05) is 16.1 Å². The molecule has 0 spiro atoms. The minimum Gasteiger partial charge on any atom is -0.493 e. The van der Waals surface area contributed by atoms with E-state index < -0.39 is 0 Å². The summed E-state index contributed by atoms with van der Waals surface area (Å²) in [6, 6.07) is 6.16. The average molecular weight is 324 g/mol. The van der Waals surface area contributed by atoms with Crippen molar-refractivity contribution >= 4 is 15.9 Å². The first-order chi connectivity index (χ1) is 9.13. The zero-order valence-corrected chi connectivity index (χ0v) is 13.0. The lowest BCUT2D eigenvalue weighted by molar-refractivity contribution is 0.193. The first-order valence-electron chi connectivity index (χ1n) is 7.31. The Bertz CT molecular complexity index is 460. The summed E-state index contributed by atoms with van der Waals surface area (Å²) in [5, 5.41) is 0. The van der Waals surface area contributed by atoms with E-state index in [1.807, 2.05) is 19.1 Å². The van der Waals surface area contributed by atoms with Crippen LogP contribution >= 0.6 is 15.9 Å². The van der Waals surface area contributed by atoms with Gasteiger partial charge in [0.25, 0.3) is 0 Å². The second kappa shape index (κ2) is 5.45. The molecule has 2 aliphatic rings. The summed E-state index contributed by atoms with van der Waals surface area (Å²) >= 11 is 3.51. The van der Waals surface area contributed by atoms with Crippen LogP contribution in [0.5, 0.6) is 5.75 Å². The SMILES string of the molecule is C[C@H](N)c1ccc(Br)cc1OCC1CC2CCC1C2. The molecule has 0 amide bonds. The summed E-state index contributed by atoms with van der Waals surface area (Å²) in [7, 11) is 0. The zero-order chi connectivity index (χ0) is 13.4. The van der Waals surface area contributed by atoms with Crippen molar-refractivity contribution < 1.29 is 4.74 Å². The van der Waals surface area contributed by atoms with Gasteiger partial charge < -0.3 is 10.5 Å². The molecule has 3 heteroatoms. The number of benzene rings is 1. The third-order valence-electron chi connectivity index (χ3n) is 4.80. The lowest BCUT2D eigenvalue weighted by Gasteiger charge is -2.23. The highest BCUT2D eigenvalue weighted by molar-refractivity contribution is 9.10. The third kappa shape index (κ3) is 2.82. The van der Waals surface area contributed by atoms with Crippen LogP contribution in [0.3, 0.4) is 0 Å². The van der Waals surface area contributed by atoms with E-state index in [2.05, 4.69) is 22.0 Å². The van der Waals surface area contributed by atoms with Crippen LogP contribution in [-0.2, 0) is 0 Å². The van der Waals surface area contributed by atoms with Gasteiger partial charge >= 0.3 is 0 Å². The fraction of sp³-hybridized carbons (Fsp3) is 0.625. The molecule has 4 atom stereocenters. The quantitative estimate of drug-likeness (QED) is 0.897. The molecule has 3 unspecified atom stereocenters. The van der Waals surface area contributed by atoms with Crippen LogP contribution in [-0.4, -0.2) is 6.61 Å². The van der Waals surface area contributed by atoms with Crippen LogP contribution in [0.25, 0.3) is 0 Å². The molecule has 2 aliphatic carbocycles. The van der Waals surface area contributed by atoms with Crippen LogP contribution in [0, 0.1) is 17.8 Å². The molecule has 0 radical (unpaired) electrons. The number of nitrogens with two attached hydrogens (primary N) is 1. The largest absolute Gasteiger partial charge is 0.493 e. The lowest BCUT2D eigenvalue weighted by Crippen LogP contribution is -2.19. The highest BCUT2D eigenvalue weighted by Gasteiger charge is 2.39. The van der Waals surface area contributed by atoms with E-state index in [0.717, 1.165) is 40.1 Å². The Hall–Kier alpha value is -0.540. The Balaban J connectivity index is 1.67. The molecule has 19 heavy (non-hydrogen) atoms. The van der Waals surface area contributed by atoms with Gasteiger partial charge in [-0.2, -0.15) is 0 Å². The van der Waals surface area contributed by atoms with Crippen LogP contribution < -0.4 is 10.5 Å². The number of hydrogen-bond acceptors (Lipinski definition) is 2. The van der Waals surface area contributed by atoms with Crippen molar-refractivity contribution in [3.8, 4) is 5.75 Å². The Morgan fingerprint density at radius 2 is 2.21 bits per heavy atom. The lowest BCUT2D eigenvalue weighted by atomic mass is 9.89. The predicted molar refractivity (Wildman–Crippen MR) is 81.2 cm³/mol. The van der Waals surface area contributed by atoms with Crippen molar-refractivity contribution in [2.45, 2.75) is 38.6 Å².